The van der Waals surface area contributed by atoms with E-state index in [9.17, 15) is 9.59 Å². The number of nitrogens with zero attached hydrogens (tertiary/aromatic N) is 1. The number of hydrogen-bond acceptors (Lipinski definition) is 4. The molecule has 0 bridgehead atoms. The van der Waals surface area contributed by atoms with E-state index in [4.69, 9.17) is 14.9 Å². The van der Waals surface area contributed by atoms with Gasteiger partial charge in [0, 0.05) is 6.54 Å². The zero-order chi connectivity index (χ0) is 12.3. The Morgan fingerprint density at radius 2 is 2.19 bits per heavy atom. The van der Waals surface area contributed by atoms with Gasteiger partial charge in [-0.1, -0.05) is 0 Å². The molecule has 0 radical (unpaired) electrons. The minimum Gasteiger partial charge on any atom is -0.481 e. The predicted octanol–water partition coefficient (Wildman–Crippen LogP) is -0.685. The summed E-state index contributed by atoms with van der Waals surface area (Å²) in [6, 6.07) is -0.155. The highest BCUT2D eigenvalue weighted by molar-refractivity contribution is 5.96. The zero-order valence-corrected chi connectivity index (χ0v) is 9.42. The van der Waals surface area contributed by atoms with Gasteiger partial charge in [-0.3, -0.25) is 9.59 Å². The van der Waals surface area contributed by atoms with Crippen LogP contribution >= 0.6 is 0 Å². The molecule has 16 heavy (non-hydrogen) atoms. The van der Waals surface area contributed by atoms with Crippen LogP contribution in [0.15, 0.2) is 0 Å². The number of aliphatic carboxylic acids is 1. The highest BCUT2D eigenvalue weighted by Crippen LogP contribution is 2.15. The van der Waals surface area contributed by atoms with Crippen molar-refractivity contribution in [1.29, 1.82) is 0 Å². The molecule has 92 valence electrons. The largest absolute Gasteiger partial charge is 0.481 e. The molecule has 0 spiro atoms. The summed E-state index contributed by atoms with van der Waals surface area (Å²) in [5.41, 5.74) is 0. The number of amides is 1. The number of carboxylic acids is 1. The molecule has 1 heterocycles. The summed E-state index contributed by atoms with van der Waals surface area (Å²) in [7, 11) is 0. The lowest BCUT2D eigenvalue weighted by Gasteiger charge is -2.38. The van der Waals surface area contributed by atoms with E-state index in [-0.39, 0.29) is 19.2 Å². The van der Waals surface area contributed by atoms with Crippen LogP contribution in [0.25, 0.3) is 0 Å². The number of carboxylic acid groups (broad SMARTS) is 1. The number of aliphatic hydroxyl groups excluding tert-OH is 1. The lowest BCUT2D eigenvalue weighted by atomic mass is 10.1. The average molecular weight is 231 g/mol. The Morgan fingerprint density at radius 3 is 2.69 bits per heavy atom. The SMILES string of the molecule is CC(C(=O)O)C(=O)N1CC(CO)OCC1C. The van der Waals surface area contributed by atoms with Gasteiger partial charge in [0.2, 0.25) is 5.91 Å². The summed E-state index contributed by atoms with van der Waals surface area (Å²) in [5, 5.41) is 17.7. The van der Waals surface area contributed by atoms with Gasteiger partial charge in [-0.25, -0.2) is 0 Å². The Kier molecular flexibility index (Phi) is 4.26. The van der Waals surface area contributed by atoms with Crippen LogP contribution in [0.3, 0.4) is 0 Å². The maximum absolute atomic E-state index is 11.8. The van der Waals surface area contributed by atoms with Crippen molar-refractivity contribution in [2.45, 2.75) is 26.0 Å². The van der Waals surface area contributed by atoms with Crippen LogP contribution in [0, 0.1) is 5.92 Å². The first kappa shape index (κ1) is 12.9. The Morgan fingerprint density at radius 1 is 1.56 bits per heavy atom. The van der Waals surface area contributed by atoms with Gasteiger partial charge in [-0.05, 0) is 13.8 Å². The van der Waals surface area contributed by atoms with Gasteiger partial charge in [0.15, 0.2) is 0 Å². The maximum Gasteiger partial charge on any atom is 0.315 e. The fraction of sp³-hybridized carbons (Fsp3) is 0.800. The van der Waals surface area contributed by atoms with Gasteiger partial charge < -0.3 is 19.8 Å². The predicted molar refractivity (Wildman–Crippen MR) is 54.8 cm³/mol. The molecule has 1 aliphatic heterocycles. The van der Waals surface area contributed by atoms with Gasteiger partial charge in [-0.15, -0.1) is 0 Å². The van der Waals surface area contributed by atoms with Gasteiger partial charge in [0.1, 0.15) is 5.92 Å². The van der Waals surface area contributed by atoms with Crippen LogP contribution in [-0.4, -0.2) is 58.9 Å². The third-order valence-electron chi connectivity index (χ3n) is 2.73. The van der Waals surface area contributed by atoms with E-state index in [0.29, 0.717) is 6.61 Å². The molecule has 1 saturated heterocycles. The summed E-state index contributed by atoms with van der Waals surface area (Å²) in [6.07, 6.45) is -0.416. The van der Waals surface area contributed by atoms with E-state index in [0.717, 1.165) is 0 Å². The molecule has 6 heteroatoms. The highest BCUT2D eigenvalue weighted by atomic mass is 16.5. The standard InChI is InChI=1S/C10H17NO5/c1-6-5-16-8(4-12)3-11(6)9(13)7(2)10(14)15/h6-8,12H,3-5H2,1-2H3,(H,14,15). The molecule has 3 unspecified atom stereocenters. The van der Waals surface area contributed by atoms with Gasteiger partial charge >= 0.3 is 5.97 Å². The van der Waals surface area contributed by atoms with Crippen molar-refractivity contribution in [1.82, 2.24) is 4.90 Å². The molecular weight excluding hydrogens is 214 g/mol. The fourth-order valence-corrected chi connectivity index (χ4v) is 1.59. The van der Waals surface area contributed by atoms with Crippen molar-refractivity contribution in [2.75, 3.05) is 19.8 Å². The topological polar surface area (TPSA) is 87.1 Å². The lowest BCUT2D eigenvalue weighted by molar-refractivity contribution is -0.158. The second-order valence-corrected chi connectivity index (χ2v) is 4.04. The van der Waals surface area contributed by atoms with E-state index in [1.165, 1.54) is 11.8 Å². The number of ether oxygens (including phenoxy) is 1. The van der Waals surface area contributed by atoms with Crippen molar-refractivity contribution in [3.8, 4) is 0 Å². The van der Waals surface area contributed by atoms with E-state index < -0.39 is 23.9 Å². The molecule has 1 aliphatic rings. The van der Waals surface area contributed by atoms with Crippen LogP contribution < -0.4 is 0 Å². The molecule has 1 amide bonds. The number of carbonyl (C=O) groups is 2. The Labute approximate surface area is 93.8 Å². The second kappa shape index (κ2) is 5.27. The van der Waals surface area contributed by atoms with Crippen molar-refractivity contribution in [3.63, 3.8) is 0 Å². The molecule has 0 aromatic rings. The molecule has 1 rings (SSSR count). The van der Waals surface area contributed by atoms with Crippen molar-refractivity contribution in [2.24, 2.45) is 5.92 Å². The van der Waals surface area contributed by atoms with E-state index in [1.54, 1.807) is 6.92 Å². The zero-order valence-electron chi connectivity index (χ0n) is 9.42. The van der Waals surface area contributed by atoms with Crippen LogP contribution in [0.5, 0.6) is 0 Å². The van der Waals surface area contributed by atoms with Crippen LogP contribution in [0.1, 0.15) is 13.8 Å². The molecule has 2 N–H and O–H groups in total. The molecule has 6 nitrogen and oxygen atoms in total. The van der Waals surface area contributed by atoms with Crippen LogP contribution in [0.2, 0.25) is 0 Å². The smallest absolute Gasteiger partial charge is 0.315 e. The van der Waals surface area contributed by atoms with Gasteiger partial charge in [0.05, 0.1) is 25.4 Å². The first-order chi connectivity index (χ1) is 7.47. The molecule has 0 aliphatic carbocycles. The van der Waals surface area contributed by atoms with Crippen molar-refractivity contribution in [3.05, 3.63) is 0 Å². The van der Waals surface area contributed by atoms with Crippen molar-refractivity contribution >= 4 is 11.9 Å². The van der Waals surface area contributed by atoms with Gasteiger partial charge in [-0.2, -0.15) is 0 Å². The third-order valence-corrected chi connectivity index (χ3v) is 2.73. The fourth-order valence-electron chi connectivity index (χ4n) is 1.59. The first-order valence-corrected chi connectivity index (χ1v) is 5.23. The Bertz CT molecular complexity index is 280. The molecule has 0 saturated carbocycles. The minimum absolute atomic E-state index is 0.155. The van der Waals surface area contributed by atoms with Crippen molar-refractivity contribution < 1.29 is 24.5 Å². The second-order valence-electron chi connectivity index (χ2n) is 4.04. The van der Waals surface area contributed by atoms with Crippen LogP contribution in [-0.2, 0) is 14.3 Å². The average Bonchev–Trinajstić information content (AvgIpc) is 2.27. The number of morpholine rings is 1. The van der Waals surface area contributed by atoms with Gasteiger partial charge in [0.25, 0.3) is 0 Å². The molecular formula is C10H17NO5. The van der Waals surface area contributed by atoms with E-state index >= 15 is 0 Å². The Balaban J connectivity index is 2.69. The minimum atomic E-state index is -1.13. The quantitative estimate of drug-likeness (QED) is 0.628. The third kappa shape index (κ3) is 2.70. The first-order valence-electron chi connectivity index (χ1n) is 5.23. The molecule has 0 aromatic heterocycles. The summed E-state index contributed by atoms with van der Waals surface area (Å²) in [6.45, 7) is 3.55. The highest BCUT2D eigenvalue weighted by Gasteiger charge is 2.34. The molecule has 3 atom stereocenters. The normalized spacial score (nSPS) is 27.6. The number of carbonyl (C=O) groups excluding carboxylic acids is 1. The van der Waals surface area contributed by atoms with Crippen LogP contribution in [0.4, 0.5) is 0 Å². The maximum atomic E-state index is 11.8. The number of hydrogen-bond donors (Lipinski definition) is 2. The number of aliphatic hydroxyl groups is 1. The monoisotopic (exact) mass is 231 g/mol. The summed E-state index contributed by atoms with van der Waals surface area (Å²) in [5.74, 6) is -2.62. The van der Waals surface area contributed by atoms with E-state index in [1.807, 2.05) is 0 Å². The molecule has 0 aromatic carbocycles. The molecule has 1 fully saturated rings. The summed E-state index contributed by atoms with van der Waals surface area (Å²) < 4.78 is 5.27. The number of rotatable bonds is 3. The van der Waals surface area contributed by atoms with E-state index in [2.05, 4.69) is 0 Å². The Hall–Kier alpha value is -1.14. The lowest BCUT2D eigenvalue weighted by Crippen LogP contribution is -2.54. The summed E-state index contributed by atoms with van der Waals surface area (Å²) in [4.78, 5) is 24.0. The summed E-state index contributed by atoms with van der Waals surface area (Å²) >= 11 is 0.